The van der Waals surface area contributed by atoms with Gasteiger partial charge in [-0.1, -0.05) is 30.3 Å². The molecule has 0 saturated carbocycles. The Bertz CT molecular complexity index is 995. The number of hydrogen-bond acceptors (Lipinski definition) is 4. The number of methoxy groups -OCH3 is 1. The van der Waals surface area contributed by atoms with Crippen LogP contribution < -0.4 is 10.1 Å². The predicted molar refractivity (Wildman–Crippen MR) is 110 cm³/mol. The van der Waals surface area contributed by atoms with Gasteiger partial charge in [0.15, 0.2) is 10.4 Å². The highest BCUT2D eigenvalue weighted by Gasteiger charge is 2.17. The van der Waals surface area contributed by atoms with Gasteiger partial charge in [-0.2, -0.15) is 0 Å². The largest absolute Gasteiger partial charge is 0.497 e. The average molecular weight is 441 g/mol. The first kappa shape index (κ1) is 19.6. The second-order valence-electron chi connectivity index (χ2n) is 5.81. The maximum Gasteiger partial charge on any atom is 0.313 e. The number of halogens is 1. The normalized spacial score (nSPS) is 11.1. The van der Waals surface area contributed by atoms with E-state index in [1.165, 1.54) is 6.07 Å². The van der Waals surface area contributed by atoms with Gasteiger partial charge in [-0.25, -0.2) is 4.99 Å². The van der Waals surface area contributed by atoms with Gasteiger partial charge in [-0.3, -0.25) is 9.59 Å². The first-order valence-electron chi connectivity index (χ1n) is 8.41. The Kier molecular flexibility index (Phi) is 6.39. The molecular formula is C21H17BrN2O4. The minimum atomic E-state index is -0.624. The summed E-state index contributed by atoms with van der Waals surface area (Å²) in [6.07, 6.45) is 0.205. The van der Waals surface area contributed by atoms with Gasteiger partial charge in [-0.15, -0.1) is 0 Å². The molecule has 3 rings (SSSR count). The molecule has 0 atom stereocenters. The number of hydrogen-bond donors (Lipinski definition) is 1. The molecule has 0 aliphatic carbocycles. The zero-order valence-electron chi connectivity index (χ0n) is 15.0. The van der Waals surface area contributed by atoms with E-state index in [-0.39, 0.29) is 17.9 Å². The number of ether oxygens (including phenoxy) is 1. The summed E-state index contributed by atoms with van der Waals surface area (Å²) in [7, 11) is 1.57. The lowest BCUT2D eigenvalue weighted by molar-refractivity contribution is -0.110. The van der Waals surface area contributed by atoms with Crippen LogP contribution in [-0.2, 0) is 11.2 Å². The van der Waals surface area contributed by atoms with E-state index in [0.29, 0.717) is 16.1 Å². The number of rotatable bonds is 6. The Morgan fingerprint density at radius 1 is 1.04 bits per heavy atom. The Morgan fingerprint density at radius 3 is 2.36 bits per heavy atom. The minimum absolute atomic E-state index is 0.0506. The summed E-state index contributed by atoms with van der Waals surface area (Å²) in [6.45, 7) is 0. The average Bonchev–Trinajstić information content (AvgIpc) is 3.15. The molecule has 0 fully saturated rings. The second kappa shape index (κ2) is 9.14. The lowest BCUT2D eigenvalue weighted by Gasteiger charge is -2.09. The molecule has 28 heavy (non-hydrogen) atoms. The summed E-state index contributed by atoms with van der Waals surface area (Å²) in [4.78, 5) is 29.2. The third kappa shape index (κ3) is 5.17. The molecule has 0 saturated heterocycles. The number of carbonyl (C=O) groups is 2. The van der Waals surface area contributed by atoms with Crippen molar-refractivity contribution in [1.82, 2.24) is 0 Å². The van der Waals surface area contributed by atoms with Crippen molar-refractivity contribution in [2.45, 2.75) is 6.42 Å². The summed E-state index contributed by atoms with van der Waals surface area (Å²) in [5.74, 6) is -0.362. The SMILES string of the molecule is COc1ccc(NC(=O)C(Cc2ccccc2)=NC(=O)c2ccc(Br)o2)cc1. The van der Waals surface area contributed by atoms with Crippen LogP contribution in [0.3, 0.4) is 0 Å². The van der Waals surface area contributed by atoms with E-state index >= 15 is 0 Å². The number of furan rings is 1. The van der Waals surface area contributed by atoms with Crippen LogP contribution in [0.2, 0.25) is 0 Å². The first-order valence-corrected chi connectivity index (χ1v) is 9.21. The van der Waals surface area contributed by atoms with Gasteiger partial charge in [0.1, 0.15) is 11.5 Å². The lowest BCUT2D eigenvalue weighted by atomic mass is 10.1. The maximum absolute atomic E-state index is 12.8. The fourth-order valence-corrected chi connectivity index (χ4v) is 2.75. The molecule has 1 N–H and O–H groups in total. The van der Waals surface area contributed by atoms with Gasteiger partial charge in [-0.05, 0) is 57.9 Å². The third-order valence-corrected chi connectivity index (χ3v) is 4.27. The number of carbonyl (C=O) groups excluding carboxylic acids is 2. The molecule has 142 valence electrons. The Hall–Kier alpha value is -3.19. The fourth-order valence-electron chi connectivity index (χ4n) is 2.44. The van der Waals surface area contributed by atoms with Gasteiger partial charge in [0, 0.05) is 12.1 Å². The number of anilines is 1. The van der Waals surface area contributed by atoms with Crippen molar-refractivity contribution >= 4 is 39.1 Å². The fraction of sp³-hybridized carbons (Fsp3) is 0.0952. The lowest BCUT2D eigenvalue weighted by Crippen LogP contribution is -2.26. The van der Waals surface area contributed by atoms with Gasteiger partial charge >= 0.3 is 5.91 Å². The van der Waals surface area contributed by atoms with Crippen LogP contribution in [0, 0.1) is 0 Å². The number of nitrogens with zero attached hydrogens (tertiary/aromatic N) is 1. The van der Waals surface area contributed by atoms with E-state index in [0.717, 1.165) is 5.56 Å². The van der Waals surface area contributed by atoms with Crippen LogP contribution in [0.5, 0.6) is 5.75 Å². The van der Waals surface area contributed by atoms with Crippen LogP contribution in [-0.4, -0.2) is 24.6 Å². The van der Waals surface area contributed by atoms with Gasteiger partial charge in [0.25, 0.3) is 5.91 Å². The van der Waals surface area contributed by atoms with Crippen molar-refractivity contribution in [3.63, 3.8) is 0 Å². The van der Waals surface area contributed by atoms with Crippen LogP contribution >= 0.6 is 15.9 Å². The molecule has 1 heterocycles. The minimum Gasteiger partial charge on any atom is -0.497 e. The molecule has 6 nitrogen and oxygen atoms in total. The first-order chi connectivity index (χ1) is 13.5. The molecule has 0 spiro atoms. The summed E-state index contributed by atoms with van der Waals surface area (Å²) >= 11 is 3.15. The second-order valence-corrected chi connectivity index (χ2v) is 6.59. The van der Waals surface area contributed by atoms with Crippen molar-refractivity contribution < 1.29 is 18.7 Å². The summed E-state index contributed by atoms with van der Waals surface area (Å²) in [6, 6.07) is 19.3. The molecule has 2 aromatic carbocycles. The quantitative estimate of drug-likeness (QED) is 0.571. The Labute approximate surface area is 170 Å². The van der Waals surface area contributed by atoms with E-state index in [1.54, 1.807) is 37.4 Å². The van der Waals surface area contributed by atoms with Gasteiger partial charge in [0.05, 0.1) is 7.11 Å². The highest BCUT2D eigenvalue weighted by Crippen LogP contribution is 2.17. The topological polar surface area (TPSA) is 80.9 Å². The molecule has 1 aromatic heterocycles. The Morgan fingerprint density at radius 2 is 1.75 bits per heavy atom. The van der Waals surface area contributed by atoms with Crippen molar-refractivity contribution in [2.24, 2.45) is 4.99 Å². The monoisotopic (exact) mass is 440 g/mol. The highest BCUT2D eigenvalue weighted by molar-refractivity contribution is 9.10. The zero-order chi connectivity index (χ0) is 19.9. The summed E-state index contributed by atoms with van der Waals surface area (Å²) in [5, 5.41) is 2.76. The number of aliphatic imine (C=N–C) groups is 1. The highest BCUT2D eigenvalue weighted by atomic mass is 79.9. The van der Waals surface area contributed by atoms with Gasteiger partial charge in [0.2, 0.25) is 0 Å². The van der Waals surface area contributed by atoms with Crippen molar-refractivity contribution in [3.8, 4) is 5.75 Å². The smallest absolute Gasteiger partial charge is 0.313 e. The van der Waals surface area contributed by atoms with Crippen LogP contribution in [0.25, 0.3) is 0 Å². The van der Waals surface area contributed by atoms with Crippen LogP contribution in [0.15, 0.2) is 80.8 Å². The van der Waals surface area contributed by atoms with Crippen molar-refractivity contribution in [3.05, 3.63) is 82.7 Å². The summed E-state index contributed by atoms with van der Waals surface area (Å²) < 4.78 is 10.8. The van der Waals surface area contributed by atoms with Crippen LogP contribution in [0.1, 0.15) is 16.1 Å². The molecule has 0 bridgehead atoms. The molecule has 0 aliphatic rings. The molecule has 0 unspecified atom stereocenters. The molecule has 3 aromatic rings. The number of nitrogens with one attached hydrogen (secondary N) is 1. The molecule has 0 aliphatic heterocycles. The maximum atomic E-state index is 12.8. The number of amides is 2. The third-order valence-electron chi connectivity index (χ3n) is 3.84. The summed E-state index contributed by atoms with van der Waals surface area (Å²) in [5.41, 5.74) is 1.51. The number of benzene rings is 2. The van der Waals surface area contributed by atoms with E-state index in [9.17, 15) is 9.59 Å². The molecule has 2 amide bonds. The van der Waals surface area contributed by atoms with E-state index < -0.39 is 11.8 Å². The standard InChI is InChI=1S/C21H17BrN2O4/c1-27-16-9-7-15(8-10-16)23-20(25)17(13-14-5-3-2-4-6-14)24-21(26)18-11-12-19(22)28-18/h2-12H,13H2,1H3,(H,23,25). The Balaban J connectivity index is 1.84. The van der Waals surface area contributed by atoms with Gasteiger partial charge < -0.3 is 14.5 Å². The van der Waals surface area contributed by atoms with E-state index in [4.69, 9.17) is 9.15 Å². The molecule has 0 radical (unpaired) electrons. The zero-order valence-corrected chi connectivity index (χ0v) is 16.6. The van der Waals surface area contributed by atoms with E-state index in [2.05, 4.69) is 26.2 Å². The molecule has 7 heteroatoms. The predicted octanol–water partition coefficient (Wildman–Crippen LogP) is 4.51. The van der Waals surface area contributed by atoms with Crippen LogP contribution in [0.4, 0.5) is 5.69 Å². The molecular weight excluding hydrogens is 424 g/mol. The van der Waals surface area contributed by atoms with Crippen molar-refractivity contribution in [2.75, 3.05) is 12.4 Å². The van der Waals surface area contributed by atoms with Crippen molar-refractivity contribution in [1.29, 1.82) is 0 Å². The van der Waals surface area contributed by atoms with E-state index in [1.807, 2.05) is 30.3 Å².